The lowest BCUT2D eigenvalue weighted by Gasteiger charge is -2.21. The van der Waals surface area contributed by atoms with Crippen molar-refractivity contribution in [2.75, 3.05) is 5.32 Å². The van der Waals surface area contributed by atoms with Gasteiger partial charge in [-0.1, -0.05) is 103 Å². The number of aromatic nitrogens is 3. The van der Waals surface area contributed by atoms with Crippen LogP contribution in [0.15, 0.2) is 0 Å². The Morgan fingerprint density at radius 3 is 1.47 bits per heavy atom. The van der Waals surface area contributed by atoms with Gasteiger partial charge < -0.3 is 5.32 Å². The fourth-order valence-electron chi connectivity index (χ4n) is 5.17. The number of halogens is 1. The van der Waals surface area contributed by atoms with Gasteiger partial charge in [-0.25, -0.2) is 4.98 Å². The summed E-state index contributed by atoms with van der Waals surface area (Å²) in [6, 6.07) is 0.464. The molecule has 170 valence electrons. The highest BCUT2D eigenvalue weighted by atomic mass is 35.5. The van der Waals surface area contributed by atoms with Gasteiger partial charge in [0.1, 0.15) is 5.82 Å². The quantitative estimate of drug-likeness (QED) is 0.520. The maximum absolute atomic E-state index is 6.37. The highest BCUT2D eigenvalue weighted by molar-refractivity contribution is 6.28. The summed E-state index contributed by atoms with van der Waals surface area (Å²) in [6.07, 6.45) is 26.5. The van der Waals surface area contributed by atoms with E-state index in [1.54, 1.807) is 0 Å². The number of hydrogen-bond donors (Lipinski definition) is 1. The molecule has 1 heterocycles. The molecule has 0 amide bonds. The number of anilines is 1. The van der Waals surface area contributed by atoms with E-state index in [1.165, 1.54) is 128 Å². The first kappa shape index (κ1) is 23.8. The molecule has 2 fully saturated rings. The van der Waals surface area contributed by atoms with Crippen LogP contribution in [0.5, 0.6) is 0 Å². The maximum Gasteiger partial charge on any atom is 0.227 e. The predicted octanol–water partition coefficient (Wildman–Crippen LogP) is 8.22. The molecule has 4 nitrogen and oxygen atoms in total. The first-order chi connectivity index (χ1) is 14.8. The van der Waals surface area contributed by atoms with Crippen molar-refractivity contribution >= 4 is 17.5 Å². The van der Waals surface area contributed by atoms with Crippen LogP contribution in [0.4, 0.5) is 5.95 Å². The zero-order valence-electron chi connectivity index (χ0n) is 19.0. The molecular formula is C25H43ClN4. The standard InChI is InChI=1S/C25H43ClN4/c26-24-28-23(21-17-13-9-5-2-1-3-6-10-14-18-21)29-25(30-24)27-22-19-15-11-7-4-8-12-16-20-22/h21-22H,1-20H2,(H,27,28,29,30). The van der Waals surface area contributed by atoms with Crippen LogP contribution >= 0.6 is 11.6 Å². The Morgan fingerprint density at radius 1 is 0.533 bits per heavy atom. The largest absolute Gasteiger partial charge is 0.351 e. The van der Waals surface area contributed by atoms with Crippen LogP contribution < -0.4 is 5.32 Å². The van der Waals surface area contributed by atoms with Crippen molar-refractivity contribution in [1.29, 1.82) is 0 Å². The minimum Gasteiger partial charge on any atom is -0.351 e. The third-order valence-electron chi connectivity index (χ3n) is 7.03. The zero-order valence-corrected chi connectivity index (χ0v) is 19.8. The maximum atomic E-state index is 6.37. The Bertz CT molecular complexity index is 573. The predicted molar refractivity (Wildman–Crippen MR) is 127 cm³/mol. The van der Waals surface area contributed by atoms with Crippen LogP contribution in [-0.2, 0) is 0 Å². The van der Waals surface area contributed by atoms with E-state index >= 15 is 0 Å². The van der Waals surface area contributed by atoms with Crippen molar-refractivity contribution in [3.8, 4) is 0 Å². The average molecular weight is 435 g/mol. The molecule has 1 aromatic heterocycles. The van der Waals surface area contributed by atoms with E-state index in [4.69, 9.17) is 16.6 Å². The van der Waals surface area contributed by atoms with E-state index < -0.39 is 0 Å². The van der Waals surface area contributed by atoms with Crippen molar-refractivity contribution in [2.24, 2.45) is 0 Å². The summed E-state index contributed by atoms with van der Waals surface area (Å²) >= 11 is 6.37. The normalized spacial score (nSPS) is 22.6. The molecule has 0 aromatic carbocycles. The molecular weight excluding hydrogens is 392 g/mol. The van der Waals surface area contributed by atoms with Crippen LogP contribution in [0.2, 0.25) is 5.28 Å². The number of nitrogens with zero attached hydrogens (tertiary/aromatic N) is 3. The molecule has 0 saturated heterocycles. The third kappa shape index (κ3) is 9.08. The summed E-state index contributed by atoms with van der Waals surface area (Å²) in [6.45, 7) is 0. The number of nitrogens with one attached hydrogen (secondary N) is 1. The lowest BCUT2D eigenvalue weighted by atomic mass is 9.92. The van der Waals surface area contributed by atoms with Crippen LogP contribution in [0, 0.1) is 0 Å². The van der Waals surface area contributed by atoms with Gasteiger partial charge in [0.25, 0.3) is 0 Å². The van der Waals surface area contributed by atoms with Gasteiger partial charge in [0.15, 0.2) is 0 Å². The van der Waals surface area contributed by atoms with Crippen LogP contribution in [-0.4, -0.2) is 21.0 Å². The molecule has 1 N–H and O–H groups in total. The first-order valence-electron chi connectivity index (χ1n) is 13.0. The van der Waals surface area contributed by atoms with Crippen molar-refractivity contribution in [2.45, 2.75) is 140 Å². The molecule has 0 bridgehead atoms. The molecule has 2 saturated carbocycles. The van der Waals surface area contributed by atoms with E-state index in [9.17, 15) is 0 Å². The van der Waals surface area contributed by atoms with Gasteiger partial charge in [0, 0.05) is 12.0 Å². The fourth-order valence-corrected chi connectivity index (χ4v) is 5.34. The van der Waals surface area contributed by atoms with E-state index in [1.807, 2.05) is 0 Å². The summed E-state index contributed by atoms with van der Waals surface area (Å²) in [5, 5.41) is 3.99. The molecule has 2 aliphatic rings. The number of rotatable bonds is 3. The molecule has 3 rings (SSSR count). The van der Waals surface area contributed by atoms with Gasteiger partial charge in [-0.3, -0.25) is 0 Å². The minimum atomic E-state index is 0.355. The number of hydrogen-bond acceptors (Lipinski definition) is 4. The molecule has 2 aliphatic carbocycles. The van der Waals surface area contributed by atoms with E-state index in [2.05, 4.69) is 15.3 Å². The molecule has 0 atom stereocenters. The Kier molecular flexibility index (Phi) is 11.3. The second-order valence-corrected chi connectivity index (χ2v) is 9.97. The van der Waals surface area contributed by atoms with Crippen molar-refractivity contribution in [3.63, 3.8) is 0 Å². The molecule has 5 heteroatoms. The lowest BCUT2D eigenvalue weighted by molar-refractivity contribution is 0.453. The molecule has 0 spiro atoms. The highest BCUT2D eigenvalue weighted by Gasteiger charge is 2.19. The Hall–Kier alpha value is -0.900. The first-order valence-corrected chi connectivity index (χ1v) is 13.4. The Balaban J connectivity index is 1.63. The Labute approximate surface area is 189 Å². The zero-order chi connectivity index (χ0) is 20.9. The second-order valence-electron chi connectivity index (χ2n) is 9.64. The van der Waals surface area contributed by atoms with E-state index in [-0.39, 0.29) is 0 Å². The summed E-state index contributed by atoms with van der Waals surface area (Å²) < 4.78 is 0. The topological polar surface area (TPSA) is 50.7 Å². The summed E-state index contributed by atoms with van der Waals surface area (Å²) in [7, 11) is 0. The molecule has 0 aliphatic heterocycles. The fraction of sp³-hybridized carbons (Fsp3) is 0.880. The highest BCUT2D eigenvalue weighted by Crippen LogP contribution is 2.29. The van der Waals surface area contributed by atoms with Gasteiger partial charge in [0.05, 0.1) is 0 Å². The monoisotopic (exact) mass is 434 g/mol. The molecule has 0 radical (unpaired) electrons. The van der Waals surface area contributed by atoms with E-state index in [0.717, 1.165) is 5.82 Å². The summed E-state index contributed by atoms with van der Waals surface area (Å²) in [5.74, 6) is 2.06. The van der Waals surface area contributed by atoms with Crippen LogP contribution in [0.1, 0.15) is 140 Å². The SMILES string of the molecule is Clc1nc(NC2CCCCCCCCC2)nc(C2CCCCCCCCCCC2)n1. The van der Waals surface area contributed by atoms with Crippen molar-refractivity contribution in [1.82, 2.24) is 15.0 Å². The van der Waals surface area contributed by atoms with Gasteiger partial charge in [-0.05, 0) is 37.3 Å². The lowest BCUT2D eigenvalue weighted by Crippen LogP contribution is -2.22. The van der Waals surface area contributed by atoms with E-state index in [0.29, 0.717) is 23.2 Å². The summed E-state index contributed by atoms with van der Waals surface area (Å²) in [5.41, 5.74) is 0. The summed E-state index contributed by atoms with van der Waals surface area (Å²) in [4.78, 5) is 13.9. The molecule has 0 unspecified atom stereocenters. The van der Waals surface area contributed by atoms with Gasteiger partial charge in [-0.2, -0.15) is 9.97 Å². The second kappa shape index (κ2) is 14.2. The third-order valence-corrected chi connectivity index (χ3v) is 7.20. The van der Waals surface area contributed by atoms with Crippen LogP contribution in [0.3, 0.4) is 0 Å². The van der Waals surface area contributed by atoms with Gasteiger partial charge in [0.2, 0.25) is 11.2 Å². The molecule has 30 heavy (non-hydrogen) atoms. The van der Waals surface area contributed by atoms with Crippen molar-refractivity contribution < 1.29 is 0 Å². The minimum absolute atomic E-state index is 0.355. The van der Waals surface area contributed by atoms with Crippen molar-refractivity contribution in [3.05, 3.63) is 11.1 Å². The average Bonchev–Trinajstić information content (AvgIpc) is 2.73. The van der Waals surface area contributed by atoms with Crippen LogP contribution in [0.25, 0.3) is 0 Å². The smallest absolute Gasteiger partial charge is 0.227 e. The van der Waals surface area contributed by atoms with Gasteiger partial charge in [-0.15, -0.1) is 0 Å². The Morgan fingerprint density at radius 2 is 0.967 bits per heavy atom. The molecule has 1 aromatic rings. The van der Waals surface area contributed by atoms with Gasteiger partial charge >= 0.3 is 0 Å².